The zero-order valence-corrected chi connectivity index (χ0v) is 23.4. The molecule has 11 nitrogen and oxygen atoms in total. The van der Waals surface area contributed by atoms with E-state index in [-0.39, 0.29) is 10.9 Å². The second kappa shape index (κ2) is 12.9. The van der Waals surface area contributed by atoms with E-state index < -0.39 is 15.5 Å². The van der Waals surface area contributed by atoms with Crippen LogP contribution in [-0.4, -0.2) is 54.8 Å². The van der Waals surface area contributed by atoms with Gasteiger partial charge in [0.25, 0.3) is 0 Å². The van der Waals surface area contributed by atoms with Crippen LogP contribution >= 0.6 is 0 Å². The summed E-state index contributed by atoms with van der Waals surface area (Å²) in [5.74, 6) is 0.0960. The Morgan fingerprint density at radius 3 is 2.52 bits per heavy atom. The number of aromatic amines is 1. The predicted octanol–water partition coefficient (Wildman–Crippen LogP) is 1.82. The van der Waals surface area contributed by atoms with Gasteiger partial charge in [0.05, 0.1) is 10.6 Å². The average Bonchev–Trinajstić information content (AvgIpc) is 3.33. The minimum atomic E-state index is -3.41. The minimum absolute atomic E-state index is 0.0960. The van der Waals surface area contributed by atoms with Gasteiger partial charge < -0.3 is 27.5 Å². The summed E-state index contributed by atoms with van der Waals surface area (Å²) in [7, 11) is -3.41. The number of unbranched alkanes of at least 4 members (excludes halogenated alkanes) is 1. The fourth-order valence-corrected chi connectivity index (χ4v) is 5.11. The maximum Gasteiger partial charge on any atom is 0.354 e. The van der Waals surface area contributed by atoms with Crippen LogP contribution in [0.1, 0.15) is 30.4 Å². The summed E-state index contributed by atoms with van der Waals surface area (Å²) in [6, 6.07) is 14.9. The fourth-order valence-electron chi connectivity index (χ4n) is 4.40. The largest absolute Gasteiger partial charge is 0.370 e. The van der Waals surface area contributed by atoms with Crippen LogP contribution in [0.2, 0.25) is 0 Å². The molecule has 0 unspecified atom stereocenters. The lowest BCUT2D eigenvalue weighted by molar-refractivity contribution is 0.601. The number of nitrogens with zero attached hydrogens (tertiary/aromatic N) is 3. The first kappa shape index (κ1) is 29.0. The molecule has 2 aromatic carbocycles. The molecule has 0 aliphatic carbocycles. The summed E-state index contributed by atoms with van der Waals surface area (Å²) >= 11 is 0. The van der Waals surface area contributed by atoms with Crippen LogP contribution in [-0.2, 0) is 22.8 Å². The van der Waals surface area contributed by atoms with E-state index >= 15 is 0 Å². The van der Waals surface area contributed by atoms with Gasteiger partial charge in [0.15, 0.2) is 15.8 Å². The van der Waals surface area contributed by atoms with E-state index in [0.717, 1.165) is 54.3 Å². The molecule has 0 saturated heterocycles. The van der Waals surface area contributed by atoms with E-state index in [4.69, 9.17) is 17.2 Å². The third kappa shape index (κ3) is 7.56. The highest BCUT2D eigenvalue weighted by Gasteiger charge is 2.14. The number of guanidine groups is 1. The Labute approximate surface area is 233 Å². The van der Waals surface area contributed by atoms with Gasteiger partial charge >= 0.3 is 5.69 Å². The summed E-state index contributed by atoms with van der Waals surface area (Å²) in [5, 5.41) is 4.07. The fraction of sp³-hybridized carbons (Fsp3) is 0.321. The van der Waals surface area contributed by atoms with E-state index in [1.807, 2.05) is 36.4 Å². The van der Waals surface area contributed by atoms with Crippen molar-refractivity contribution in [1.29, 1.82) is 0 Å². The third-order valence-electron chi connectivity index (χ3n) is 6.48. The molecule has 0 radical (unpaired) electrons. The molecule has 4 aromatic rings. The number of nitrogens with two attached hydrogens (primary N) is 3. The van der Waals surface area contributed by atoms with Crippen molar-refractivity contribution in [2.24, 2.45) is 22.2 Å². The first-order valence-electron chi connectivity index (χ1n) is 13.2. The van der Waals surface area contributed by atoms with Gasteiger partial charge in [-0.2, -0.15) is 4.98 Å². The second-order valence-corrected chi connectivity index (χ2v) is 11.8. The van der Waals surface area contributed by atoms with Gasteiger partial charge in [0, 0.05) is 36.6 Å². The highest BCUT2D eigenvalue weighted by atomic mass is 32.2. The zero-order chi connectivity index (χ0) is 28.7. The second-order valence-electron chi connectivity index (χ2n) is 9.77. The summed E-state index contributed by atoms with van der Waals surface area (Å²) < 4.78 is 26.2. The molecule has 212 valence electrons. The van der Waals surface area contributed by atoms with Crippen molar-refractivity contribution in [1.82, 2.24) is 19.9 Å². The number of aliphatic imine (C=N–C) groups is 1. The molecule has 40 heavy (non-hydrogen) atoms. The third-order valence-corrected chi connectivity index (χ3v) is 7.57. The van der Waals surface area contributed by atoms with E-state index in [0.29, 0.717) is 36.7 Å². The van der Waals surface area contributed by atoms with Gasteiger partial charge in [-0.15, -0.1) is 0 Å². The van der Waals surface area contributed by atoms with Gasteiger partial charge in [-0.3, -0.25) is 9.56 Å². The number of hydrogen-bond acceptors (Lipinski definition) is 7. The van der Waals surface area contributed by atoms with Crippen molar-refractivity contribution in [3.05, 3.63) is 76.3 Å². The summed E-state index contributed by atoms with van der Waals surface area (Å²) in [5.41, 5.74) is 20.4. The Morgan fingerprint density at radius 1 is 1.05 bits per heavy atom. The Hall–Kier alpha value is -4.00. The lowest BCUT2D eigenvalue weighted by atomic mass is 10.0. The molecule has 0 fully saturated rings. The molecule has 12 heteroatoms. The number of nitrogens with one attached hydrogen (secondary N) is 2. The SMILES string of the molecule is CS(=O)(=O)c1cc(CCCCN)cc(-c2cc3cn(-c4ccc(CNCCCN=C(N)N)cc4)c(=O)nc3[nH]2)c1. The van der Waals surface area contributed by atoms with E-state index in [9.17, 15) is 13.2 Å². The van der Waals surface area contributed by atoms with Crippen LogP contribution < -0.4 is 28.2 Å². The van der Waals surface area contributed by atoms with E-state index in [1.54, 1.807) is 18.3 Å². The van der Waals surface area contributed by atoms with Crippen LogP contribution in [0.5, 0.6) is 0 Å². The number of sulfone groups is 1. The van der Waals surface area contributed by atoms with Gasteiger partial charge in [0.1, 0.15) is 5.65 Å². The molecule has 8 N–H and O–H groups in total. The van der Waals surface area contributed by atoms with Crippen LogP contribution in [0.3, 0.4) is 0 Å². The standard InChI is InChI=1S/C28H36N8O3S/c1-40(38,39)24-14-20(5-2-3-10-29)13-21(15-24)25-16-22-18-36(28(37)35-26(22)34-25)23-8-6-19(7-9-23)17-32-11-4-12-33-27(30)31/h6-9,13-16,18,32H,2-5,10-12,17,29H2,1H3,(H4,30,31,33)(H,34,35,37). The molecule has 2 aromatic heterocycles. The lowest BCUT2D eigenvalue weighted by Gasteiger charge is -2.08. The van der Waals surface area contributed by atoms with Crippen molar-refractivity contribution >= 4 is 26.8 Å². The molecule has 0 aliphatic heterocycles. The topological polar surface area (TPSA) is 187 Å². The van der Waals surface area contributed by atoms with Crippen molar-refractivity contribution in [2.75, 3.05) is 25.9 Å². The normalized spacial score (nSPS) is 11.7. The maximum absolute atomic E-state index is 12.9. The highest BCUT2D eigenvalue weighted by molar-refractivity contribution is 7.90. The molecule has 0 atom stereocenters. The molecular weight excluding hydrogens is 528 g/mol. The predicted molar refractivity (Wildman–Crippen MR) is 159 cm³/mol. The lowest BCUT2D eigenvalue weighted by Crippen LogP contribution is -2.23. The monoisotopic (exact) mass is 564 g/mol. The molecule has 0 bridgehead atoms. The van der Waals surface area contributed by atoms with Crippen LogP contribution in [0.15, 0.2) is 69.4 Å². The zero-order valence-electron chi connectivity index (χ0n) is 22.6. The van der Waals surface area contributed by atoms with Crippen molar-refractivity contribution in [3.63, 3.8) is 0 Å². The smallest absolute Gasteiger partial charge is 0.354 e. The van der Waals surface area contributed by atoms with Crippen molar-refractivity contribution in [3.8, 4) is 16.9 Å². The number of benzene rings is 2. The van der Waals surface area contributed by atoms with E-state index in [2.05, 4.69) is 20.3 Å². The first-order chi connectivity index (χ1) is 19.1. The quantitative estimate of drug-likeness (QED) is 0.0923. The van der Waals surface area contributed by atoms with Gasteiger partial charge in [0.2, 0.25) is 0 Å². The van der Waals surface area contributed by atoms with Gasteiger partial charge in [-0.1, -0.05) is 12.1 Å². The number of hydrogen-bond donors (Lipinski definition) is 5. The van der Waals surface area contributed by atoms with Crippen LogP contribution in [0, 0.1) is 0 Å². The van der Waals surface area contributed by atoms with E-state index in [1.165, 1.54) is 10.8 Å². The van der Waals surface area contributed by atoms with Crippen molar-refractivity contribution in [2.45, 2.75) is 37.1 Å². The molecule has 0 amide bonds. The number of aromatic nitrogens is 3. The Kier molecular flexibility index (Phi) is 9.35. The molecule has 0 spiro atoms. The number of fused-ring (bicyclic) bond motifs is 1. The number of H-pyrrole nitrogens is 1. The van der Waals surface area contributed by atoms with Gasteiger partial charge in [-0.25, -0.2) is 13.2 Å². The molecular formula is C28H36N8O3S. The van der Waals surface area contributed by atoms with Crippen LogP contribution in [0.25, 0.3) is 28.0 Å². The highest BCUT2D eigenvalue weighted by Crippen LogP contribution is 2.27. The summed E-state index contributed by atoms with van der Waals surface area (Å²) in [4.78, 5) is 24.5. The molecule has 0 aliphatic rings. The van der Waals surface area contributed by atoms with Gasteiger partial charge in [-0.05, 0) is 91.9 Å². The Morgan fingerprint density at radius 2 is 1.82 bits per heavy atom. The maximum atomic E-state index is 12.9. The van der Waals surface area contributed by atoms with Crippen molar-refractivity contribution < 1.29 is 8.42 Å². The minimum Gasteiger partial charge on any atom is -0.370 e. The summed E-state index contributed by atoms with van der Waals surface area (Å²) in [6.07, 6.45) is 6.21. The first-order valence-corrected chi connectivity index (χ1v) is 15.1. The molecule has 0 saturated carbocycles. The molecule has 2 heterocycles. The Bertz CT molecular complexity index is 1650. The van der Waals surface area contributed by atoms with Crippen LogP contribution in [0.4, 0.5) is 0 Å². The average molecular weight is 565 g/mol. The summed E-state index contributed by atoms with van der Waals surface area (Å²) in [6.45, 7) is 2.62. The number of aryl methyl sites for hydroxylation is 1. The molecule has 4 rings (SSSR count). The number of rotatable bonds is 13. The Balaban J connectivity index is 1.55.